The van der Waals surface area contributed by atoms with Crippen molar-refractivity contribution in [2.45, 2.75) is 6.92 Å². The van der Waals surface area contributed by atoms with Crippen LogP contribution in [0.25, 0.3) is 0 Å². The zero-order valence-corrected chi connectivity index (χ0v) is 6.90. The number of halogens is 1. The van der Waals surface area contributed by atoms with Crippen LogP contribution in [0, 0.1) is 5.41 Å². The zero-order valence-electron chi connectivity index (χ0n) is 4.74. The van der Waals surface area contributed by atoms with Gasteiger partial charge in [0, 0.05) is 22.5 Å². The minimum absolute atomic E-state index is 0.917. The largest absolute Gasteiger partial charge is 0.390 e. The average Bonchev–Trinajstić information content (AvgIpc) is 1.83. The van der Waals surface area contributed by atoms with E-state index in [0.717, 1.165) is 10.1 Å². The first kappa shape index (κ1) is 7.94. The number of nitrogens with one attached hydrogen (secondary N) is 2. The fraction of sp³-hybridized carbons (Fsp3) is 0.400. The molecule has 0 aromatic carbocycles. The number of hydrogen-bond acceptors (Lipinski definition) is 2. The van der Waals surface area contributed by atoms with E-state index in [1.807, 2.05) is 13.1 Å². The highest BCUT2D eigenvalue weighted by Gasteiger charge is 1.77. The van der Waals surface area contributed by atoms with Crippen LogP contribution in [0.4, 0.5) is 0 Å². The standard InChI is InChI=1S/C5H9IN2/c1-2-8-4-5(6)3-7/h3-4,7-8H,2H2,1H3/b5-4+,7-3?. The van der Waals surface area contributed by atoms with E-state index in [-0.39, 0.29) is 0 Å². The minimum atomic E-state index is 0.917. The van der Waals surface area contributed by atoms with Crippen molar-refractivity contribution in [2.24, 2.45) is 0 Å². The molecule has 0 saturated carbocycles. The Kier molecular flexibility index (Phi) is 5.05. The molecule has 3 heteroatoms. The molecule has 2 nitrogen and oxygen atoms in total. The van der Waals surface area contributed by atoms with Gasteiger partial charge in [0.1, 0.15) is 0 Å². The minimum Gasteiger partial charge on any atom is -0.390 e. The molecule has 0 aromatic heterocycles. The molecule has 2 N–H and O–H groups in total. The molecule has 0 rings (SSSR count). The lowest BCUT2D eigenvalue weighted by Gasteiger charge is -1.90. The lowest BCUT2D eigenvalue weighted by Crippen LogP contribution is -2.02. The molecule has 0 bridgehead atoms. The quantitative estimate of drug-likeness (QED) is 0.553. The molecule has 0 fully saturated rings. The Morgan fingerprint density at radius 2 is 2.50 bits per heavy atom. The second kappa shape index (κ2) is 5.08. The van der Waals surface area contributed by atoms with Gasteiger partial charge in [0.2, 0.25) is 0 Å². The molecule has 0 spiro atoms. The van der Waals surface area contributed by atoms with Crippen molar-refractivity contribution in [3.8, 4) is 0 Å². The third-order valence-corrected chi connectivity index (χ3v) is 1.20. The maximum Gasteiger partial charge on any atom is 0.0462 e. The van der Waals surface area contributed by atoms with Crippen LogP contribution >= 0.6 is 22.6 Å². The summed E-state index contributed by atoms with van der Waals surface area (Å²) in [6.07, 6.45) is 3.12. The molecule has 8 heavy (non-hydrogen) atoms. The van der Waals surface area contributed by atoms with Gasteiger partial charge >= 0.3 is 0 Å². The molecule has 0 aliphatic carbocycles. The second-order valence-electron chi connectivity index (χ2n) is 1.23. The summed E-state index contributed by atoms with van der Waals surface area (Å²) in [6.45, 7) is 2.94. The maximum atomic E-state index is 6.75. The van der Waals surface area contributed by atoms with E-state index in [1.54, 1.807) is 0 Å². The van der Waals surface area contributed by atoms with Crippen molar-refractivity contribution in [2.75, 3.05) is 6.54 Å². The van der Waals surface area contributed by atoms with Crippen LogP contribution in [-0.2, 0) is 0 Å². The molecule has 0 saturated heterocycles. The Morgan fingerprint density at radius 3 is 2.88 bits per heavy atom. The first-order valence-corrected chi connectivity index (χ1v) is 3.48. The van der Waals surface area contributed by atoms with Crippen LogP contribution < -0.4 is 5.32 Å². The second-order valence-corrected chi connectivity index (χ2v) is 2.48. The third kappa shape index (κ3) is 4.11. The highest BCUT2D eigenvalue weighted by atomic mass is 127. The smallest absolute Gasteiger partial charge is 0.0462 e. The fourth-order valence-electron chi connectivity index (χ4n) is 0.241. The van der Waals surface area contributed by atoms with Crippen LogP contribution in [0.2, 0.25) is 0 Å². The number of rotatable bonds is 3. The Morgan fingerprint density at radius 1 is 1.88 bits per heavy atom. The van der Waals surface area contributed by atoms with Gasteiger partial charge in [-0.15, -0.1) is 0 Å². The summed E-state index contributed by atoms with van der Waals surface area (Å²) < 4.78 is 0.921. The Bertz CT molecular complexity index is 98.6. The number of allylic oxidation sites excluding steroid dienone is 1. The normalized spacial score (nSPS) is 11.0. The van der Waals surface area contributed by atoms with Gasteiger partial charge in [-0.05, 0) is 29.5 Å². The van der Waals surface area contributed by atoms with Crippen LogP contribution in [0.3, 0.4) is 0 Å². The molecule has 0 aliphatic rings. The summed E-state index contributed by atoms with van der Waals surface area (Å²) in [5.74, 6) is 0. The summed E-state index contributed by atoms with van der Waals surface area (Å²) in [5.41, 5.74) is 0. The van der Waals surface area contributed by atoms with Gasteiger partial charge in [-0.1, -0.05) is 0 Å². The van der Waals surface area contributed by atoms with Gasteiger partial charge in [0.15, 0.2) is 0 Å². The zero-order chi connectivity index (χ0) is 6.41. The molecule has 0 heterocycles. The van der Waals surface area contributed by atoms with Crippen molar-refractivity contribution < 1.29 is 0 Å². The summed E-state index contributed by atoms with van der Waals surface area (Å²) in [4.78, 5) is 0. The van der Waals surface area contributed by atoms with Gasteiger partial charge < -0.3 is 10.7 Å². The summed E-state index contributed by atoms with van der Waals surface area (Å²) >= 11 is 2.08. The Balaban J connectivity index is 3.40. The molecule has 0 radical (unpaired) electrons. The lowest BCUT2D eigenvalue weighted by atomic mass is 10.6. The van der Waals surface area contributed by atoms with Gasteiger partial charge in [-0.2, -0.15) is 0 Å². The monoisotopic (exact) mass is 224 g/mol. The van der Waals surface area contributed by atoms with E-state index in [2.05, 4.69) is 27.9 Å². The van der Waals surface area contributed by atoms with E-state index < -0.39 is 0 Å². The fourth-order valence-corrected chi connectivity index (χ4v) is 0.461. The Hall–Kier alpha value is -0.0600. The van der Waals surface area contributed by atoms with Crippen molar-refractivity contribution in [1.29, 1.82) is 5.41 Å². The van der Waals surface area contributed by atoms with E-state index in [9.17, 15) is 0 Å². The SMILES string of the molecule is CCN/C=C(/I)C=N. The molecular weight excluding hydrogens is 215 g/mol. The molecule has 0 atom stereocenters. The highest BCUT2D eigenvalue weighted by Crippen LogP contribution is 1.97. The van der Waals surface area contributed by atoms with Crippen molar-refractivity contribution >= 4 is 28.8 Å². The highest BCUT2D eigenvalue weighted by molar-refractivity contribution is 14.1. The molecule has 0 unspecified atom stereocenters. The van der Waals surface area contributed by atoms with Crippen molar-refractivity contribution in [3.05, 3.63) is 9.78 Å². The first-order chi connectivity index (χ1) is 3.81. The van der Waals surface area contributed by atoms with E-state index in [0.29, 0.717) is 0 Å². The van der Waals surface area contributed by atoms with E-state index >= 15 is 0 Å². The summed E-state index contributed by atoms with van der Waals surface area (Å²) in [7, 11) is 0. The molecule has 0 aromatic rings. The van der Waals surface area contributed by atoms with Gasteiger partial charge in [0.25, 0.3) is 0 Å². The summed E-state index contributed by atoms with van der Waals surface area (Å²) in [6, 6.07) is 0. The average molecular weight is 224 g/mol. The first-order valence-electron chi connectivity index (χ1n) is 2.40. The van der Waals surface area contributed by atoms with Crippen molar-refractivity contribution in [3.63, 3.8) is 0 Å². The van der Waals surface area contributed by atoms with Crippen LogP contribution in [0.1, 0.15) is 6.92 Å². The molecule has 0 aliphatic heterocycles. The Labute approximate surface area is 63.0 Å². The van der Waals surface area contributed by atoms with Crippen LogP contribution in [0.15, 0.2) is 9.78 Å². The lowest BCUT2D eigenvalue weighted by molar-refractivity contribution is 0.920. The topological polar surface area (TPSA) is 35.9 Å². The third-order valence-electron chi connectivity index (χ3n) is 0.582. The van der Waals surface area contributed by atoms with E-state index in [1.165, 1.54) is 6.21 Å². The van der Waals surface area contributed by atoms with Crippen LogP contribution in [-0.4, -0.2) is 12.8 Å². The van der Waals surface area contributed by atoms with Crippen molar-refractivity contribution in [1.82, 2.24) is 5.32 Å². The summed E-state index contributed by atoms with van der Waals surface area (Å²) in [5, 5.41) is 9.72. The van der Waals surface area contributed by atoms with Crippen LogP contribution in [0.5, 0.6) is 0 Å². The predicted octanol–water partition coefficient (Wildman–Crippen LogP) is 1.52. The molecular formula is C5H9IN2. The van der Waals surface area contributed by atoms with E-state index in [4.69, 9.17) is 5.41 Å². The maximum absolute atomic E-state index is 6.75. The van der Waals surface area contributed by atoms with Gasteiger partial charge in [0.05, 0.1) is 0 Å². The predicted molar refractivity (Wildman–Crippen MR) is 44.6 cm³/mol. The van der Waals surface area contributed by atoms with Gasteiger partial charge in [-0.25, -0.2) is 0 Å². The molecule has 0 amide bonds. The van der Waals surface area contributed by atoms with Gasteiger partial charge in [-0.3, -0.25) is 0 Å². The number of hydrogen-bond donors (Lipinski definition) is 2. The molecule has 46 valence electrons.